The van der Waals surface area contributed by atoms with Crippen LogP contribution in [0.15, 0.2) is 0 Å². The Kier molecular flexibility index (Phi) is 6.06. The SMILES string of the molecule is CC(C)(C)OC(=O)NC1CCC(NCC2(C)CCCS2)CC1. The number of rotatable bonds is 4. The number of amides is 1. The minimum Gasteiger partial charge on any atom is -0.444 e. The molecule has 0 aromatic carbocycles. The summed E-state index contributed by atoms with van der Waals surface area (Å²) in [5.74, 6) is 1.31. The maximum Gasteiger partial charge on any atom is 0.407 e. The van der Waals surface area contributed by atoms with Gasteiger partial charge in [0.05, 0.1) is 0 Å². The molecule has 22 heavy (non-hydrogen) atoms. The molecule has 0 aromatic rings. The molecule has 2 rings (SSSR count). The molecule has 0 aromatic heterocycles. The molecule has 0 radical (unpaired) electrons. The van der Waals surface area contributed by atoms with E-state index in [9.17, 15) is 4.79 Å². The number of carbonyl (C=O) groups excluding carboxylic acids is 1. The standard InChI is InChI=1S/C17H32N2O2S/c1-16(2,3)21-15(20)19-14-8-6-13(7-9-14)18-12-17(4)10-5-11-22-17/h13-14,18H,5-12H2,1-4H3,(H,19,20). The Bertz CT molecular complexity index is 367. The fraction of sp³-hybridized carbons (Fsp3) is 0.941. The van der Waals surface area contributed by atoms with E-state index in [0.717, 1.165) is 32.2 Å². The molecule has 5 heteroatoms. The second-order valence-corrected chi connectivity index (χ2v) is 9.66. The molecule has 1 amide bonds. The third kappa shape index (κ3) is 5.99. The fourth-order valence-corrected chi connectivity index (χ4v) is 4.51. The van der Waals surface area contributed by atoms with Gasteiger partial charge < -0.3 is 15.4 Å². The maximum atomic E-state index is 11.8. The normalized spacial score (nSPS) is 32.7. The Morgan fingerprint density at radius 3 is 2.41 bits per heavy atom. The maximum absolute atomic E-state index is 11.8. The second kappa shape index (κ2) is 7.43. The van der Waals surface area contributed by atoms with Crippen molar-refractivity contribution < 1.29 is 9.53 Å². The van der Waals surface area contributed by atoms with Gasteiger partial charge in [0.15, 0.2) is 0 Å². The van der Waals surface area contributed by atoms with Gasteiger partial charge in [-0.25, -0.2) is 4.79 Å². The first-order valence-corrected chi connectivity index (χ1v) is 9.61. The summed E-state index contributed by atoms with van der Waals surface area (Å²) in [6.45, 7) is 9.19. The Hall–Kier alpha value is -0.420. The van der Waals surface area contributed by atoms with Gasteiger partial charge in [-0.15, -0.1) is 0 Å². The van der Waals surface area contributed by atoms with Gasteiger partial charge in [0.25, 0.3) is 0 Å². The smallest absolute Gasteiger partial charge is 0.407 e. The summed E-state index contributed by atoms with van der Waals surface area (Å²) in [5, 5.41) is 6.76. The molecule has 1 saturated carbocycles. The van der Waals surface area contributed by atoms with Crippen LogP contribution in [0, 0.1) is 0 Å². The highest BCUT2D eigenvalue weighted by Crippen LogP contribution is 2.37. The first kappa shape index (κ1) is 17.9. The van der Waals surface area contributed by atoms with E-state index in [-0.39, 0.29) is 12.1 Å². The first-order chi connectivity index (χ1) is 10.3. The minimum atomic E-state index is -0.419. The van der Waals surface area contributed by atoms with Crippen molar-refractivity contribution in [2.75, 3.05) is 12.3 Å². The highest BCUT2D eigenvalue weighted by atomic mass is 32.2. The van der Waals surface area contributed by atoms with Crippen LogP contribution in [0.25, 0.3) is 0 Å². The lowest BCUT2D eigenvalue weighted by Gasteiger charge is -2.33. The lowest BCUT2D eigenvalue weighted by molar-refractivity contribution is 0.0490. The van der Waals surface area contributed by atoms with E-state index in [1.54, 1.807) is 0 Å². The van der Waals surface area contributed by atoms with Crippen molar-refractivity contribution in [3.8, 4) is 0 Å². The van der Waals surface area contributed by atoms with Crippen molar-refractivity contribution in [3.05, 3.63) is 0 Å². The molecule has 2 fully saturated rings. The van der Waals surface area contributed by atoms with Crippen LogP contribution >= 0.6 is 11.8 Å². The molecule has 1 heterocycles. The number of thioether (sulfide) groups is 1. The van der Waals surface area contributed by atoms with Gasteiger partial charge in [-0.1, -0.05) is 0 Å². The summed E-state index contributed by atoms with van der Waals surface area (Å²) < 4.78 is 5.76. The van der Waals surface area contributed by atoms with Crippen LogP contribution in [0.3, 0.4) is 0 Å². The van der Waals surface area contributed by atoms with Crippen LogP contribution in [-0.2, 0) is 4.74 Å². The zero-order valence-electron chi connectivity index (χ0n) is 14.5. The van der Waals surface area contributed by atoms with Gasteiger partial charge in [-0.3, -0.25) is 0 Å². The third-order valence-corrected chi connectivity index (χ3v) is 6.05. The summed E-state index contributed by atoms with van der Waals surface area (Å²) in [6.07, 6.45) is 6.78. The van der Waals surface area contributed by atoms with Gasteiger partial charge in [-0.05, 0) is 72.0 Å². The molecule has 0 spiro atoms. The van der Waals surface area contributed by atoms with Crippen LogP contribution in [0.5, 0.6) is 0 Å². The number of nitrogens with one attached hydrogen (secondary N) is 2. The lowest BCUT2D eigenvalue weighted by Crippen LogP contribution is -2.46. The summed E-state index contributed by atoms with van der Waals surface area (Å²) >= 11 is 2.11. The van der Waals surface area contributed by atoms with E-state index >= 15 is 0 Å². The molecule has 1 aliphatic heterocycles. The number of ether oxygens (including phenoxy) is 1. The molecule has 1 saturated heterocycles. The van der Waals surface area contributed by atoms with Crippen LogP contribution in [0.2, 0.25) is 0 Å². The summed E-state index contributed by atoms with van der Waals surface area (Å²) in [6, 6.07) is 0.874. The number of hydrogen-bond acceptors (Lipinski definition) is 4. The minimum absolute atomic E-state index is 0.268. The molecular weight excluding hydrogens is 296 g/mol. The average Bonchev–Trinajstić information content (AvgIpc) is 2.83. The van der Waals surface area contributed by atoms with Gasteiger partial charge >= 0.3 is 6.09 Å². The molecule has 1 unspecified atom stereocenters. The number of alkyl carbamates (subject to hydrolysis) is 1. The third-order valence-electron chi connectivity index (χ3n) is 4.51. The Morgan fingerprint density at radius 2 is 1.86 bits per heavy atom. The van der Waals surface area contributed by atoms with Crippen molar-refractivity contribution in [1.29, 1.82) is 0 Å². The summed E-state index contributed by atoms with van der Waals surface area (Å²) in [5.41, 5.74) is -0.419. The van der Waals surface area contributed by atoms with Crippen LogP contribution in [0.1, 0.15) is 66.2 Å². The zero-order valence-corrected chi connectivity index (χ0v) is 15.4. The molecular formula is C17H32N2O2S. The largest absolute Gasteiger partial charge is 0.444 e. The molecule has 128 valence electrons. The molecule has 1 atom stereocenters. The van der Waals surface area contributed by atoms with Crippen molar-refractivity contribution in [1.82, 2.24) is 10.6 Å². The Morgan fingerprint density at radius 1 is 1.23 bits per heavy atom. The van der Waals surface area contributed by atoms with Crippen LogP contribution in [0.4, 0.5) is 4.79 Å². The first-order valence-electron chi connectivity index (χ1n) is 8.63. The van der Waals surface area contributed by atoms with E-state index in [2.05, 4.69) is 29.3 Å². The van der Waals surface area contributed by atoms with E-state index in [4.69, 9.17) is 4.74 Å². The number of carbonyl (C=O) groups is 1. The van der Waals surface area contributed by atoms with E-state index in [1.165, 1.54) is 18.6 Å². The quantitative estimate of drug-likeness (QED) is 0.826. The molecule has 2 N–H and O–H groups in total. The predicted octanol–water partition coefficient (Wildman–Crippen LogP) is 3.70. The van der Waals surface area contributed by atoms with Gasteiger partial charge in [0.1, 0.15) is 5.60 Å². The number of hydrogen-bond donors (Lipinski definition) is 2. The highest BCUT2D eigenvalue weighted by Gasteiger charge is 2.31. The van der Waals surface area contributed by atoms with E-state index in [0.29, 0.717) is 10.8 Å². The average molecular weight is 329 g/mol. The van der Waals surface area contributed by atoms with Crippen LogP contribution in [-0.4, -0.2) is 40.8 Å². The summed E-state index contributed by atoms with van der Waals surface area (Å²) in [4.78, 5) is 11.8. The van der Waals surface area contributed by atoms with Crippen molar-refractivity contribution >= 4 is 17.9 Å². The zero-order chi connectivity index (χ0) is 16.2. The van der Waals surface area contributed by atoms with E-state index in [1.807, 2.05) is 20.8 Å². The summed E-state index contributed by atoms with van der Waals surface area (Å²) in [7, 11) is 0. The fourth-order valence-electron chi connectivity index (χ4n) is 3.25. The van der Waals surface area contributed by atoms with Crippen molar-refractivity contribution in [2.45, 2.75) is 88.7 Å². The molecule has 4 nitrogen and oxygen atoms in total. The van der Waals surface area contributed by atoms with E-state index < -0.39 is 5.60 Å². The van der Waals surface area contributed by atoms with Crippen molar-refractivity contribution in [2.24, 2.45) is 0 Å². The Balaban J connectivity index is 1.64. The second-order valence-electron chi connectivity index (χ2n) is 7.98. The molecule has 1 aliphatic carbocycles. The highest BCUT2D eigenvalue weighted by molar-refractivity contribution is 8.00. The van der Waals surface area contributed by atoms with Gasteiger partial charge in [0.2, 0.25) is 0 Å². The predicted molar refractivity (Wildman–Crippen MR) is 93.5 cm³/mol. The van der Waals surface area contributed by atoms with Crippen LogP contribution < -0.4 is 10.6 Å². The molecule has 0 bridgehead atoms. The topological polar surface area (TPSA) is 50.4 Å². The monoisotopic (exact) mass is 328 g/mol. The molecule has 2 aliphatic rings. The van der Waals surface area contributed by atoms with Gasteiger partial charge in [-0.2, -0.15) is 11.8 Å². The lowest BCUT2D eigenvalue weighted by atomic mass is 9.91. The van der Waals surface area contributed by atoms with Gasteiger partial charge in [0, 0.05) is 23.4 Å². The Labute approximate surface area is 139 Å². The van der Waals surface area contributed by atoms with Crippen molar-refractivity contribution in [3.63, 3.8) is 0 Å².